The van der Waals surface area contributed by atoms with E-state index in [1.807, 2.05) is 92.1 Å². The van der Waals surface area contributed by atoms with Crippen LogP contribution in [0.2, 0.25) is 0 Å². The molecule has 0 saturated heterocycles. The number of aldehydes is 1. The predicted molar refractivity (Wildman–Crippen MR) is 143 cm³/mol. The minimum atomic E-state index is -0.147. The molecule has 5 heteroatoms. The van der Waals surface area contributed by atoms with E-state index in [0.717, 1.165) is 46.0 Å². The van der Waals surface area contributed by atoms with Crippen molar-refractivity contribution < 1.29 is 9.59 Å². The Balaban J connectivity index is 1.39. The molecule has 5 rings (SSSR count). The first-order valence-electron chi connectivity index (χ1n) is 12.1. The zero-order valence-corrected chi connectivity index (χ0v) is 20.1. The number of fused-ring (bicyclic) bond motifs is 1. The van der Waals surface area contributed by atoms with Crippen LogP contribution in [-0.2, 0) is 6.54 Å². The number of benzene rings is 3. The van der Waals surface area contributed by atoms with Gasteiger partial charge in [0.1, 0.15) is 6.29 Å². The summed E-state index contributed by atoms with van der Waals surface area (Å²) in [5, 5.41) is 4.20. The number of amides is 1. The van der Waals surface area contributed by atoms with E-state index in [9.17, 15) is 9.59 Å². The van der Waals surface area contributed by atoms with Gasteiger partial charge >= 0.3 is 0 Å². The van der Waals surface area contributed by atoms with Gasteiger partial charge < -0.3 is 9.88 Å². The minimum absolute atomic E-state index is 0.121. The maximum atomic E-state index is 13.4. The van der Waals surface area contributed by atoms with Gasteiger partial charge in [-0.2, -0.15) is 0 Å². The number of para-hydroxylation sites is 1. The van der Waals surface area contributed by atoms with Crippen LogP contribution in [0.15, 0.2) is 103 Å². The summed E-state index contributed by atoms with van der Waals surface area (Å²) in [6.45, 7) is 2.65. The molecule has 0 spiro atoms. The Morgan fingerprint density at radius 3 is 2.44 bits per heavy atom. The lowest BCUT2D eigenvalue weighted by Gasteiger charge is -2.18. The monoisotopic (exact) mass is 473 g/mol. The van der Waals surface area contributed by atoms with Crippen molar-refractivity contribution in [2.75, 3.05) is 0 Å². The molecule has 3 aromatic carbocycles. The first-order chi connectivity index (χ1) is 17.7. The van der Waals surface area contributed by atoms with Gasteiger partial charge in [0.25, 0.3) is 5.91 Å². The van der Waals surface area contributed by atoms with E-state index in [2.05, 4.69) is 20.9 Å². The fourth-order valence-electron chi connectivity index (χ4n) is 4.53. The maximum absolute atomic E-state index is 13.4. The maximum Gasteiger partial charge on any atom is 0.253 e. The summed E-state index contributed by atoms with van der Waals surface area (Å²) in [5.74, 6) is -0.121. The molecule has 0 aliphatic rings. The third kappa shape index (κ3) is 4.82. The largest absolute Gasteiger partial charge is 0.345 e. The summed E-state index contributed by atoms with van der Waals surface area (Å²) < 4.78 is 2.10. The van der Waals surface area contributed by atoms with E-state index in [-0.39, 0.29) is 11.9 Å². The summed E-state index contributed by atoms with van der Waals surface area (Å²) >= 11 is 0. The molecule has 0 fully saturated rings. The van der Waals surface area contributed by atoms with E-state index in [4.69, 9.17) is 0 Å². The van der Waals surface area contributed by atoms with Crippen LogP contribution in [0.3, 0.4) is 0 Å². The standard InChI is InChI=1S/C31H27N3O2/c1-2-28(25-14-11-22(21-35)12-15-25)33-31(36)27-10-6-9-26-17-18-34(30(26)27)20-23-13-16-29(32-19-23)24-7-4-3-5-8-24/h3-19,21,28H,2,20H2,1H3,(H,33,36). The Bertz CT molecular complexity index is 1490. The van der Waals surface area contributed by atoms with Gasteiger partial charge in [-0.1, -0.05) is 79.7 Å². The van der Waals surface area contributed by atoms with E-state index < -0.39 is 0 Å². The molecule has 0 radical (unpaired) electrons. The SMILES string of the molecule is CCC(NC(=O)c1cccc2ccn(Cc3ccc(-c4ccccc4)nc3)c12)c1ccc(C=O)cc1. The predicted octanol–water partition coefficient (Wildman–Crippen LogP) is 6.45. The molecule has 0 saturated carbocycles. The van der Waals surface area contributed by atoms with Gasteiger partial charge in [-0.15, -0.1) is 0 Å². The van der Waals surface area contributed by atoms with Crippen molar-refractivity contribution in [2.45, 2.75) is 25.9 Å². The number of carbonyl (C=O) groups excluding carboxylic acids is 2. The minimum Gasteiger partial charge on any atom is -0.345 e. The summed E-state index contributed by atoms with van der Waals surface area (Å²) in [4.78, 5) is 29.1. The van der Waals surface area contributed by atoms with Crippen LogP contribution in [0.4, 0.5) is 0 Å². The number of hydrogen-bond donors (Lipinski definition) is 1. The van der Waals surface area contributed by atoms with E-state index in [1.54, 1.807) is 12.1 Å². The highest BCUT2D eigenvalue weighted by Gasteiger charge is 2.18. The Labute approximate surface area is 210 Å². The van der Waals surface area contributed by atoms with Crippen LogP contribution >= 0.6 is 0 Å². The molecular formula is C31H27N3O2. The number of aromatic nitrogens is 2. The molecule has 5 nitrogen and oxygen atoms in total. The highest BCUT2D eigenvalue weighted by molar-refractivity contribution is 6.06. The number of carbonyl (C=O) groups is 2. The van der Waals surface area contributed by atoms with Crippen molar-refractivity contribution in [3.8, 4) is 11.3 Å². The zero-order chi connectivity index (χ0) is 24.9. The van der Waals surface area contributed by atoms with Crippen molar-refractivity contribution in [1.82, 2.24) is 14.9 Å². The molecule has 0 aliphatic carbocycles. The van der Waals surface area contributed by atoms with Gasteiger partial charge in [-0.25, -0.2) is 0 Å². The summed E-state index contributed by atoms with van der Waals surface area (Å²) in [5.41, 5.74) is 6.20. The lowest BCUT2D eigenvalue weighted by molar-refractivity contribution is 0.0936. The lowest BCUT2D eigenvalue weighted by atomic mass is 10.0. The zero-order valence-electron chi connectivity index (χ0n) is 20.1. The molecule has 2 heterocycles. The second-order valence-electron chi connectivity index (χ2n) is 8.82. The second-order valence-corrected chi connectivity index (χ2v) is 8.82. The number of rotatable bonds is 8. The number of nitrogens with zero attached hydrogens (tertiary/aromatic N) is 2. The summed E-state index contributed by atoms with van der Waals surface area (Å²) in [7, 11) is 0. The quantitative estimate of drug-likeness (QED) is 0.264. The van der Waals surface area contributed by atoms with Gasteiger partial charge in [-0.05, 0) is 35.7 Å². The van der Waals surface area contributed by atoms with Crippen molar-refractivity contribution in [3.05, 3.63) is 126 Å². The molecule has 0 aliphatic heterocycles. The van der Waals surface area contributed by atoms with Crippen LogP contribution in [0, 0.1) is 0 Å². The summed E-state index contributed by atoms with van der Waals surface area (Å²) in [6, 6.07) is 29.3. The normalized spacial score (nSPS) is 11.8. The Hall–Kier alpha value is -4.51. The second kappa shape index (κ2) is 10.4. The Morgan fingerprint density at radius 2 is 1.75 bits per heavy atom. The third-order valence-electron chi connectivity index (χ3n) is 6.47. The molecule has 2 aromatic heterocycles. The molecule has 1 N–H and O–H groups in total. The average Bonchev–Trinajstić information content (AvgIpc) is 3.35. The molecule has 1 amide bonds. The fraction of sp³-hybridized carbons (Fsp3) is 0.129. The van der Waals surface area contributed by atoms with E-state index in [1.165, 1.54) is 0 Å². The molecule has 36 heavy (non-hydrogen) atoms. The Kier molecular flexibility index (Phi) is 6.72. The van der Waals surface area contributed by atoms with Crippen molar-refractivity contribution in [3.63, 3.8) is 0 Å². The molecular weight excluding hydrogens is 446 g/mol. The number of hydrogen-bond acceptors (Lipinski definition) is 3. The molecule has 178 valence electrons. The first-order valence-corrected chi connectivity index (χ1v) is 12.1. The van der Waals surface area contributed by atoms with Crippen LogP contribution in [0.1, 0.15) is 51.2 Å². The average molecular weight is 474 g/mol. The van der Waals surface area contributed by atoms with Crippen LogP contribution in [0.5, 0.6) is 0 Å². The Morgan fingerprint density at radius 1 is 0.944 bits per heavy atom. The van der Waals surface area contributed by atoms with Gasteiger partial charge in [0.15, 0.2) is 0 Å². The number of nitrogens with one attached hydrogen (secondary N) is 1. The van der Waals surface area contributed by atoms with Gasteiger partial charge in [0, 0.05) is 35.5 Å². The van der Waals surface area contributed by atoms with Crippen LogP contribution in [-0.4, -0.2) is 21.7 Å². The molecule has 1 atom stereocenters. The van der Waals surface area contributed by atoms with Gasteiger partial charge in [-0.3, -0.25) is 14.6 Å². The lowest BCUT2D eigenvalue weighted by Crippen LogP contribution is -2.28. The number of pyridine rings is 1. The van der Waals surface area contributed by atoms with Gasteiger partial charge in [0.2, 0.25) is 0 Å². The smallest absolute Gasteiger partial charge is 0.253 e. The van der Waals surface area contributed by atoms with Crippen LogP contribution in [0.25, 0.3) is 22.2 Å². The van der Waals surface area contributed by atoms with Crippen molar-refractivity contribution in [1.29, 1.82) is 0 Å². The summed E-state index contributed by atoms with van der Waals surface area (Å²) in [6.07, 6.45) is 5.47. The van der Waals surface area contributed by atoms with Crippen molar-refractivity contribution in [2.24, 2.45) is 0 Å². The highest BCUT2D eigenvalue weighted by atomic mass is 16.1. The molecule has 1 unspecified atom stereocenters. The first kappa shape index (κ1) is 23.2. The van der Waals surface area contributed by atoms with E-state index >= 15 is 0 Å². The molecule has 5 aromatic rings. The van der Waals surface area contributed by atoms with Crippen molar-refractivity contribution >= 4 is 23.1 Å². The van der Waals surface area contributed by atoms with Gasteiger partial charge in [0.05, 0.1) is 22.8 Å². The topological polar surface area (TPSA) is 64.0 Å². The third-order valence-corrected chi connectivity index (χ3v) is 6.47. The van der Waals surface area contributed by atoms with E-state index in [0.29, 0.717) is 17.7 Å². The fourth-order valence-corrected chi connectivity index (χ4v) is 4.53. The highest BCUT2D eigenvalue weighted by Crippen LogP contribution is 2.24. The van der Waals surface area contributed by atoms with Crippen LogP contribution < -0.4 is 5.32 Å². The molecule has 0 bridgehead atoms.